The van der Waals surface area contributed by atoms with Crippen LogP contribution in [0.15, 0.2) is 47.6 Å². The van der Waals surface area contributed by atoms with E-state index in [1.165, 1.54) is 18.2 Å². The summed E-state index contributed by atoms with van der Waals surface area (Å²) in [5.74, 6) is -0.524. The lowest BCUT2D eigenvalue weighted by molar-refractivity contribution is -0.119. The van der Waals surface area contributed by atoms with Crippen LogP contribution in [0.4, 0.5) is 5.69 Å². The Kier molecular flexibility index (Phi) is 5.43. The lowest BCUT2D eigenvalue weighted by Gasteiger charge is -2.08. The van der Waals surface area contributed by atoms with Gasteiger partial charge >= 0.3 is 0 Å². The summed E-state index contributed by atoms with van der Waals surface area (Å²) in [6.07, 6.45) is 0. The van der Waals surface area contributed by atoms with E-state index in [0.29, 0.717) is 22.0 Å². The second kappa shape index (κ2) is 7.51. The maximum Gasteiger partial charge on any atom is 0.259 e. The van der Waals surface area contributed by atoms with E-state index in [-0.39, 0.29) is 24.0 Å². The summed E-state index contributed by atoms with van der Waals surface area (Å²) in [5, 5.41) is 26.3. The fourth-order valence-electron chi connectivity index (χ4n) is 1.85. The van der Waals surface area contributed by atoms with Gasteiger partial charge in [0.1, 0.15) is 11.5 Å². The SMILES string of the molecule is C/C(=N\NC(=O)CNc1ccccc1Cl)c1ccc(O)cc1O. The van der Waals surface area contributed by atoms with E-state index in [0.717, 1.165) is 0 Å². The molecule has 23 heavy (non-hydrogen) atoms. The highest BCUT2D eigenvalue weighted by Gasteiger charge is 2.07. The quantitative estimate of drug-likeness (QED) is 0.500. The number of hydrogen-bond acceptors (Lipinski definition) is 5. The molecule has 0 radical (unpaired) electrons. The van der Waals surface area contributed by atoms with Gasteiger partial charge < -0.3 is 15.5 Å². The molecule has 1 amide bonds. The number of hydrazone groups is 1. The molecule has 7 heteroatoms. The highest BCUT2D eigenvalue weighted by atomic mass is 35.5. The van der Waals surface area contributed by atoms with E-state index in [1.54, 1.807) is 25.1 Å². The molecule has 0 fully saturated rings. The third-order valence-corrected chi connectivity index (χ3v) is 3.36. The summed E-state index contributed by atoms with van der Waals surface area (Å²) >= 11 is 5.98. The minimum absolute atomic E-state index is 0.00206. The third kappa shape index (κ3) is 4.62. The second-order valence-electron chi connectivity index (χ2n) is 4.77. The van der Waals surface area contributed by atoms with Gasteiger partial charge in [-0.1, -0.05) is 23.7 Å². The zero-order valence-corrected chi connectivity index (χ0v) is 13.1. The number of benzene rings is 2. The lowest BCUT2D eigenvalue weighted by Crippen LogP contribution is -2.26. The number of rotatable bonds is 5. The van der Waals surface area contributed by atoms with Crippen LogP contribution in [0.5, 0.6) is 11.5 Å². The summed E-state index contributed by atoms with van der Waals surface area (Å²) in [7, 11) is 0. The topological polar surface area (TPSA) is 94.0 Å². The van der Waals surface area contributed by atoms with Crippen molar-refractivity contribution in [2.45, 2.75) is 6.92 Å². The van der Waals surface area contributed by atoms with Crippen molar-refractivity contribution in [3.8, 4) is 11.5 Å². The lowest BCUT2D eigenvalue weighted by atomic mass is 10.1. The first-order chi connectivity index (χ1) is 11.0. The normalized spacial score (nSPS) is 11.1. The highest BCUT2D eigenvalue weighted by molar-refractivity contribution is 6.33. The van der Waals surface area contributed by atoms with Gasteiger partial charge in [0.25, 0.3) is 5.91 Å². The molecule has 0 aliphatic rings. The van der Waals surface area contributed by atoms with Gasteiger partial charge in [-0.15, -0.1) is 0 Å². The molecule has 0 spiro atoms. The summed E-state index contributed by atoms with van der Waals surface area (Å²) in [5.41, 5.74) is 3.87. The van der Waals surface area contributed by atoms with Crippen molar-refractivity contribution < 1.29 is 15.0 Å². The fourth-order valence-corrected chi connectivity index (χ4v) is 2.05. The van der Waals surface area contributed by atoms with Gasteiger partial charge in [-0.25, -0.2) is 5.43 Å². The Bertz CT molecular complexity index is 747. The summed E-state index contributed by atoms with van der Waals surface area (Å²) in [4.78, 5) is 11.8. The first kappa shape index (κ1) is 16.6. The van der Waals surface area contributed by atoms with Gasteiger partial charge in [0.05, 0.1) is 23.0 Å². The summed E-state index contributed by atoms with van der Waals surface area (Å²) in [6, 6.07) is 11.2. The predicted octanol–water partition coefficient (Wildman–Crippen LogP) is 2.70. The number of anilines is 1. The van der Waals surface area contributed by atoms with E-state index in [1.807, 2.05) is 6.07 Å². The fraction of sp³-hybridized carbons (Fsp3) is 0.125. The molecule has 0 atom stereocenters. The zero-order chi connectivity index (χ0) is 16.8. The van der Waals surface area contributed by atoms with Crippen LogP contribution >= 0.6 is 11.6 Å². The van der Waals surface area contributed by atoms with Crippen LogP contribution in [0, 0.1) is 0 Å². The Morgan fingerprint density at radius 3 is 2.65 bits per heavy atom. The molecule has 0 saturated carbocycles. The first-order valence-electron chi connectivity index (χ1n) is 6.81. The van der Waals surface area contributed by atoms with Gasteiger partial charge in [0.2, 0.25) is 0 Å². The van der Waals surface area contributed by atoms with Crippen molar-refractivity contribution in [3.63, 3.8) is 0 Å². The maximum absolute atomic E-state index is 11.8. The van der Waals surface area contributed by atoms with Crippen LogP contribution in [0.2, 0.25) is 5.02 Å². The molecule has 2 aromatic rings. The molecule has 4 N–H and O–H groups in total. The van der Waals surface area contributed by atoms with Crippen molar-refractivity contribution in [2.75, 3.05) is 11.9 Å². The minimum Gasteiger partial charge on any atom is -0.508 e. The smallest absolute Gasteiger partial charge is 0.259 e. The number of carbonyl (C=O) groups excluding carboxylic acids is 1. The number of halogens is 1. The van der Waals surface area contributed by atoms with Crippen LogP contribution in [-0.4, -0.2) is 28.4 Å². The van der Waals surface area contributed by atoms with Crippen molar-refractivity contribution >= 4 is 28.9 Å². The Labute approximate surface area is 138 Å². The number of nitrogens with one attached hydrogen (secondary N) is 2. The van der Waals surface area contributed by atoms with E-state index in [9.17, 15) is 15.0 Å². The average molecular weight is 334 g/mol. The van der Waals surface area contributed by atoms with Crippen LogP contribution in [0.25, 0.3) is 0 Å². The van der Waals surface area contributed by atoms with Crippen LogP contribution in [-0.2, 0) is 4.79 Å². The number of phenolic OH excluding ortho intramolecular Hbond substituents is 2. The van der Waals surface area contributed by atoms with E-state index < -0.39 is 0 Å². The molecule has 6 nitrogen and oxygen atoms in total. The minimum atomic E-state index is -0.359. The Balaban J connectivity index is 1.94. The van der Waals surface area contributed by atoms with Crippen LogP contribution in [0.3, 0.4) is 0 Å². The standard InChI is InChI=1S/C16H16ClN3O3/c1-10(12-7-6-11(21)8-15(12)22)19-20-16(23)9-18-14-5-3-2-4-13(14)17/h2-8,18,21-22H,9H2,1H3,(H,20,23)/b19-10+. The molecular weight excluding hydrogens is 318 g/mol. The zero-order valence-electron chi connectivity index (χ0n) is 12.4. The number of hydrogen-bond donors (Lipinski definition) is 4. The van der Waals surface area contributed by atoms with E-state index in [4.69, 9.17) is 11.6 Å². The van der Waals surface area contributed by atoms with Gasteiger partial charge in [-0.05, 0) is 31.2 Å². The van der Waals surface area contributed by atoms with E-state index >= 15 is 0 Å². The monoisotopic (exact) mass is 333 g/mol. The largest absolute Gasteiger partial charge is 0.508 e. The Morgan fingerprint density at radius 1 is 1.22 bits per heavy atom. The van der Waals surface area contributed by atoms with E-state index in [2.05, 4.69) is 15.8 Å². The van der Waals surface area contributed by atoms with Gasteiger partial charge in [0, 0.05) is 11.6 Å². The number of para-hydroxylation sites is 1. The molecule has 0 aliphatic carbocycles. The van der Waals surface area contributed by atoms with Gasteiger partial charge in [-0.2, -0.15) is 5.10 Å². The highest BCUT2D eigenvalue weighted by Crippen LogP contribution is 2.23. The molecule has 0 aliphatic heterocycles. The van der Waals surface area contributed by atoms with Crippen molar-refractivity contribution in [1.82, 2.24) is 5.43 Å². The molecule has 2 aromatic carbocycles. The first-order valence-corrected chi connectivity index (χ1v) is 7.19. The molecule has 0 aromatic heterocycles. The summed E-state index contributed by atoms with van der Waals surface area (Å²) < 4.78 is 0. The average Bonchev–Trinajstić information content (AvgIpc) is 2.52. The molecule has 0 saturated heterocycles. The number of phenols is 2. The molecule has 120 valence electrons. The van der Waals surface area contributed by atoms with Crippen LogP contribution < -0.4 is 10.7 Å². The number of aromatic hydroxyl groups is 2. The third-order valence-electron chi connectivity index (χ3n) is 3.03. The van der Waals surface area contributed by atoms with Crippen molar-refractivity contribution in [1.29, 1.82) is 0 Å². The Morgan fingerprint density at radius 2 is 1.96 bits per heavy atom. The molecule has 0 heterocycles. The van der Waals surface area contributed by atoms with Crippen molar-refractivity contribution in [3.05, 3.63) is 53.1 Å². The number of amides is 1. The Hall–Kier alpha value is -2.73. The second-order valence-corrected chi connectivity index (χ2v) is 5.17. The molecule has 0 bridgehead atoms. The van der Waals surface area contributed by atoms with Gasteiger partial charge in [0.15, 0.2) is 0 Å². The summed E-state index contributed by atoms with van der Waals surface area (Å²) in [6.45, 7) is 1.63. The van der Waals surface area contributed by atoms with Crippen LogP contribution in [0.1, 0.15) is 12.5 Å². The predicted molar refractivity (Wildman–Crippen MR) is 90.1 cm³/mol. The molecule has 0 unspecified atom stereocenters. The molecular formula is C16H16ClN3O3. The van der Waals surface area contributed by atoms with Crippen molar-refractivity contribution in [2.24, 2.45) is 5.10 Å². The molecule has 2 rings (SSSR count). The number of nitrogens with zero attached hydrogens (tertiary/aromatic N) is 1. The van der Waals surface area contributed by atoms with Gasteiger partial charge in [-0.3, -0.25) is 4.79 Å². The maximum atomic E-state index is 11.8. The number of carbonyl (C=O) groups is 1.